The Kier molecular flexibility index (Phi) is 5.44. The molecule has 1 aromatic heterocycles. The lowest BCUT2D eigenvalue weighted by Crippen LogP contribution is -2.23. The van der Waals surface area contributed by atoms with E-state index in [1.165, 1.54) is 4.90 Å². The van der Waals surface area contributed by atoms with E-state index < -0.39 is 5.91 Å². The van der Waals surface area contributed by atoms with Gasteiger partial charge < -0.3 is 14.6 Å². The third kappa shape index (κ3) is 3.80. The van der Waals surface area contributed by atoms with Gasteiger partial charge in [0.15, 0.2) is 5.58 Å². The van der Waals surface area contributed by atoms with Crippen molar-refractivity contribution in [3.8, 4) is 0 Å². The van der Waals surface area contributed by atoms with Crippen molar-refractivity contribution in [3.63, 3.8) is 0 Å². The average Bonchev–Trinajstić information content (AvgIpc) is 2.91. The maximum atomic E-state index is 12.7. The van der Waals surface area contributed by atoms with Crippen molar-refractivity contribution in [3.05, 3.63) is 63.3 Å². The van der Waals surface area contributed by atoms with Crippen molar-refractivity contribution in [1.82, 2.24) is 4.90 Å². The first-order chi connectivity index (χ1) is 12.8. The van der Waals surface area contributed by atoms with Crippen LogP contribution in [0.4, 0.5) is 5.69 Å². The summed E-state index contributed by atoms with van der Waals surface area (Å²) in [6.45, 7) is 1.80. The van der Waals surface area contributed by atoms with Crippen LogP contribution in [0.15, 0.2) is 40.8 Å². The Balaban J connectivity index is 1.99. The van der Waals surface area contributed by atoms with Gasteiger partial charge in [0, 0.05) is 25.0 Å². The Morgan fingerprint density at radius 3 is 2.33 bits per heavy atom. The van der Waals surface area contributed by atoms with Crippen LogP contribution in [-0.2, 0) is 11.2 Å². The molecule has 0 radical (unpaired) electrons. The van der Waals surface area contributed by atoms with Gasteiger partial charge in [0.05, 0.1) is 27.7 Å². The highest BCUT2D eigenvalue weighted by Gasteiger charge is 2.20. The number of halogens is 2. The minimum atomic E-state index is -0.432. The molecule has 1 heterocycles. The number of carbonyl (C=O) groups excluding carboxylic acids is 2. The fraction of sp³-hybridized carbons (Fsp3) is 0.200. The number of amides is 2. The third-order valence-corrected chi connectivity index (χ3v) is 4.92. The Morgan fingerprint density at radius 2 is 1.70 bits per heavy atom. The number of likely N-dealkylation sites (N-methyl/N-ethyl adjacent to an activating group) is 1. The van der Waals surface area contributed by atoms with Gasteiger partial charge in [0.2, 0.25) is 5.91 Å². The van der Waals surface area contributed by atoms with Crippen LogP contribution in [0.3, 0.4) is 0 Å². The predicted octanol–water partition coefficient (Wildman–Crippen LogP) is 4.93. The molecule has 0 unspecified atom stereocenters. The highest BCUT2D eigenvalue weighted by Crippen LogP contribution is 2.33. The number of para-hydroxylation sites is 1. The lowest BCUT2D eigenvalue weighted by atomic mass is 10.1. The number of furan rings is 1. The molecule has 1 N–H and O–H groups in total. The van der Waals surface area contributed by atoms with E-state index in [0.29, 0.717) is 17.0 Å². The number of benzene rings is 2. The molecule has 0 saturated carbocycles. The summed E-state index contributed by atoms with van der Waals surface area (Å²) in [5.41, 5.74) is 1.99. The first kappa shape index (κ1) is 19.3. The van der Waals surface area contributed by atoms with Gasteiger partial charge in [-0.2, -0.15) is 0 Å². The molecule has 3 rings (SSSR count). The molecule has 27 heavy (non-hydrogen) atoms. The van der Waals surface area contributed by atoms with Gasteiger partial charge in [-0.3, -0.25) is 9.59 Å². The minimum absolute atomic E-state index is 0.0295. The molecule has 5 nitrogen and oxygen atoms in total. The van der Waals surface area contributed by atoms with Crippen LogP contribution in [-0.4, -0.2) is 30.8 Å². The highest BCUT2D eigenvalue weighted by atomic mass is 35.5. The molecule has 0 aliphatic rings. The number of hydrogen-bond acceptors (Lipinski definition) is 3. The van der Waals surface area contributed by atoms with Crippen LogP contribution in [0.25, 0.3) is 11.0 Å². The molecule has 0 aliphatic carbocycles. The molecular formula is C20H18Cl2N2O3. The maximum absolute atomic E-state index is 12.7. The van der Waals surface area contributed by atoms with Crippen molar-refractivity contribution in [2.75, 3.05) is 19.4 Å². The van der Waals surface area contributed by atoms with Gasteiger partial charge in [0.1, 0.15) is 5.76 Å². The monoisotopic (exact) mass is 404 g/mol. The molecule has 0 spiro atoms. The van der Waals surface area contributed by atoms with Gasteiger partial charge in [-0.1, -0.05) is 41.4 Å². The molecule has 2 aromatic carbocycles. The van der Waals surface area contributed by atoms with Gasteiger partial charge in [0.25, 0.3) is 5.91 Å². The summed E-state index contributed by atoms with van der Waals surface area (Å²) in [7, 11) is 3.41. The summed E-state index contributed by atoms with van der Waals surface area (Å²) in [4.78, 5) is 26.3. The second-order valence-electron chi connectivity index (χ2n) is 6.33. The number of hydrogen-bond donors (Lipinski definition) is 1. The molecule has 7 heteroatoms. The van der Waals surface area contributed by atoms with Crippen LogP contribution in [0.5, 0.6) is 0 Å². The van der Waals surface area contributed by atoms with E-state index in [4.69, 9.17) is 27.6 Å². The number of fused-ring (bicyclic) bond motifs is 1. The van der Waals surface area contributed by atoms with Gasteiger partial charge >= 0.3 is 0 Å². The Bertz CT molecular complexity index is 1020. The number of aryl methyl sites for hydroxylation is 1. The lowest BCUT2D eigenvalue weighted by molar-refractivity contribution is -0.127. The van der Waals surface area contributed by atoms with Gasteiger partial charge in [-0.25, -0.2) is 0 Å². The number of rotatable bonds is 4. The summed E-state index contributed by atoms with van der Waals surface area (Å²) >= 11 is 12.2. The van der Waals surface area contributed by atoms with Crippen LogP contribution in [0.1, 0.15) is 21.7 Å². The fourth-order valence-electron chi connectivity index (χ4n) is 2.82. The van der Waals surface area contributed by atoms with Crippen LogP contribution in [0, 0.1) is 6.92 Å². The van der Waals surface area contributed by atoms with E-state index >= 15 is 0 Å². The first-order valence-electron chi connectivity index (χ1n) is 8.26. The second kappa shape index (κ2) is 7.62. The lowest BCUT2D eigenvalue weighted by Gasteiger charge is -2.10. The molecule has 2 amide bonds. The van der Waals surface area contributed by atoms with E-state index in [1.807, 2.05) is 6.07 Å². The quantitative estimate of drug-likeness (QED) is 0.670. The topological polar surface area (TPSA) is 62.6 Å². The molecule has 0 bridgehead atoms. The zero-order chi connectivity index (χ0) is 19.7. The van der Waals surface area contributed by atoms with E-state index in [1.54, 1.807) is 51.4 Å². The van der Waals surface area contributed by atoms with Crippen molar-refractivity contribution in [2.24, 2.45) is 0 Å². The second-order valence-corrected chi connectivity index (χ2v) is 7.15. The summed E-state index contributed by atoms with van der Waals surface area (Å²) in [6, 6.07) is 10.3. The van der Waals surface area contributed by atoms with E-state index in [9.17, 15) is 9.59 Å². The normalized spacial score (nSPS) is 10.9. The van der Waals surface area contributed by atoms with Crippen molar-refractivity contribution < 1.29 is 14.0 Å². The molecule has 3 aromatic rings. The predicted molar refractivity (Wildman–Crippen MR) is 108 cm³/mol. The standard InChI is InChI=1S/C20H18Cl2N2O3/c1-11-13(10-17(25)24(2)3)12-6-4-9-16(19(12)27-11)23-20(26)18-14(21)7-5-8-15(18)22/h4-9H,10H2,1-3H3,(H,23,26). The molecule has 0 atom stereocenters. The van der Waals surface area contributed by atoms with Crippen LogP contribution >= 0.6 is 23.2 Å². The van der Waals surface area contributed by atoms with Gasteiger partial charge in [-0.15, -0.1) is 0 Å². The highest BCUT2D eigenvalue weighted by molar-refractivity contribution is 6.40. The minimum Gasteiger partial charge on any atom is -0.459 e. The van der Waals surface area contributed by atoms with Crippen LogP contribution < -0.4 is 5.32 Å². The Labute approximate surface area is 166 Å². The maximum Gasteiger partial charge on any atom is 0.258 e. The van der Waals surface area contributed by atoms with Crippen molar-refractivity contribution in [2.45, 2.75) is 13.3 Å². The largest absolute Gasteiger partial charge is 0.459 e. The molecule has 0 aliphatic heterocycles. The third-order valence-electron chi connectivity index (χ3n) is 4.29. The van der Waals surface area contributed by atoms with E-state index in [-0.39, 0.29) is 27.9 Å². The van der Waals surface area contributed by atoms with Crippen LogP contribution in [0.2, 0.25) is 10.0 Å². The van der Waals surface area contributed by atoms with Gasteiger partial charge in [-0.05, 0) is 25.1 Å². The SMILES string of the molecule is Cc1oc2c(NC(=O)c3c(Cl)cccc3Cl)cccc2c1CC(=O)N(C)C. The number of anilines is 1. The Hall–Kier alpha value is -2.50. The summed E-state index contributed by atoms with van der Waals surface area (Å²) in [5.74, 6) is 0.175. The van der Waals surface area contributed by atoms with E-state index in [0.717, 1.165) is 10.9 Å². The smallest absolute Gasteiger partial charge is 0.258 e. The molecule has 0 fully saturated rings. The Morgan fingerprint density at radius 1 is 1.07 bits per heavy atom. The summed E-state index contributed by atoms with van der Waals surface area (Å²) in [5, 5.41) is 4.11. The average molecular weight is 405 g/mol. The number of nitrogens with zero attached hydrogens (tertiary/aromatic N) is 1. The van der Waals surface area contributed by atoms with E-state index in [2.05, 4.69) is 5.32 Å². The van der Waals surface area contributed by atoms with Crippen molar-refractivity contribution >= 4 is 51.7 Å². The summed E-state index contributed by atoms with van der Waals surface area (Å²) in [6.07, 6.45) is 0.222. The number of carbonyl (C=O) groups is 2. The number of nitrogens with one attached hydrogen (secondary N) is 1. The molecule has 0 saturated heterocycles. The molecular weight excluding hydrogens is 387 g/mol. The summed E-state index contributed by atoms with van der Waals surface area (Å²) < 4.78 is 5.86. The van der Waals surface area contributed by atoms with Crippen molar-refractivity contribution in [1.29, 1.82) is 0 Å². The zero-order valence-corrected chi connectivity index (χ0v) is 16.6. The fourth-order valence-corrected chi connectivity index (χ4v) is 3.39. The zero-order valence-electron chi connectivity index (χ0n) is 15.1. The first-order valence-corrected chi connectivity index (χ1v) is 9.01. The molecule has 140 valence electrons.